The van der Waals surface area contributed by atoms with Crippen molar-refractivity contribution in [1.29, 1.82) is 0 Å². The number of anilines is 1. The van der Waals surface area contributed by atoms with E-state index in [-0.39, 0.29) is 15.6 Å². The van der Waals surface area contributed by atoms with Crippen LogP contribution in [0, 0.1) is 0 Å². The second-order valence-electron chi connectivity index (χ2n) is 3.15. The summed E-state index contributed by atoms with van der Waals surface area (Å²) in [6, 6.07) is 3.42. The van der Waals surface area contributed by atoms with Gasteiger partial charge in [-0.2, -0.15) is 0 Å². The molecule has 0 radical (unpaired) electrons. The Labute approximate surface area is 118 Å². The number of aliphatic imine (C=N–C) groups is 1. The average molecular weight is 303 g/mol. The highest BCUT2D eigenvalue weighted by molar-refractivity contribution is 6.38. The summed E-state index contributed by atoms with van der Waals surface area (Å²) in [5.74, 6) is 0.302. The molecule has 0 aliphatic rings. The smallest absolute Gasteiger partial charge is 0.225 e. The van der Waals surface area contributed by atoms with Crippen molar-refractivity contribution in [2.24, 2.45) is 4.99 Å². The van der Waals surface area contributed by atoms with Crippen LogP contribution in [0.15, 0.2) is 23.3 Å². The van der Waals surface area contributed by atoms with Crippen LogP contribution in [0.3, 0.4) is 0 Å². The molecule has 0 unspecified atom stereocenters. The van der Waals surface area contributed by atoms with Gasteiger partial charge in [0.05, 0.1) is 5.56 Å². The Morgan fingerprint density at radius 3 is 2.44 bits per heavy atom. The van der Waals surface area contributed by atoms with E-state index in [2.05, 4.69) is 19.9 Å². The molecule has 0 amide bonds. The zero-order chi connectivity index (χ0) is 13.1. The number of hydrogen-bond acceptors (Lipinski definition) is 5. The minimum absolute atomic E-state index is 0.0250. The first-order chi connectivity index (χ1) is 8.58. The molecule has 2 aromatic heterocycles. The predicted octanol–water partition coefficient (Wildman–Crippen LogP) is 3.16. The summed E-state index contributed by atoms with van der Waals surface area (Å²) in [5, 5.41) is 0.209. The van der Waals surface area contributed by atoms with Gasteiger partial charge in [-0.15, -0.1) is 0 Å². The summed E-state index contributed by atoms with van der Waals surface area (Å²) in [4.78, 5) is 15.6. The first-order valence-electron chi connectivity index (χ1n) is 4.71. The predicted molar refractivity (Wildman–Crippen MR) is 73.0 cm³/mol. The second-order valence-corrected chi connectivity index (χ2v) is 4.21. The van der Waals surface area contributed by atoms with Crippen molar-refractivity contribution in [1.82, 2.24) is 15.0 Å². The zero-order valence-corrected chi connectivity index (χ0v) is 11.1. The molecule has 0 bridgehead atoms. The molecule has 0 aliphatic heterocycles. The summed E-state index contributed by atoms with van der Waals surface area (Å²) < 4.78 is 0. The van der Waals surface area contributed by atoms with E-state index >= 15 is 0 Å². The molecule has 2 heterocycles. The molecule has 0 aliphatic carbocycles. The van der Waals surface area contributed by atoms with Gasteiger partial charge in [0.15, 0.2) is 0 Å². The van der Waals surface area contributed by atoms with Crippen LogP contribution in [0.5, 0.6) is 0 Å². The van der Waals surface area contributed by atoms with E-state index in [0.717, 1.165) is 0 Å². The monoisotopic (exact) mass is 301 g/mol. The number of halogens is 3. The van der Waals surface area contributed by atoms with E-state index in [1.165, 1.54) is 6.21 Å². The Kier molecular flexibility index (Phi) is 3.96. The SMILES string of the molecule is Nc1ncccc1N=Cc1c(Cl)nc(Cl)nc1Cl. The molecule has 2 N–H and O–H groups in total. The lowest BCUT2D eigenvalue weighted by Gasteiger charge is -2.01. The summed E-state index contributed by atoms with van der Waals surface area (Å²) in [6.45, 7) is 0. The highest BCUT2D eigenvalue weighted by Gasteiger charge is 2.08. The van der Waals surface area contributed by atoms with E-state index in [4.69, 9.17) is 40.5 Å². The van der Waals surface area contributed by atoms with E-state index in [0.29, 0.717) is 17.1 Å². The van der Waals surface area contributed by atoms with Crippen LogP contribution in [-0.4, -0.2) is 21.2 Å². The third-order valence-corrected chi connectivity index (χ3v) is 2.72. The molecule has 18 heavy (non-hydrogen) atoms. The van der Waals surface area contributed by atoms with Crippen molar-refractivity contribution in [3.05, 3.63) is 39.5 Å². The first-order valence-corrected chi connectivity index (χ1v) is 5.84. The summed E-state index contributed by atoms with van der Waals surface area (Å²) in [5.41, 5.74) is 6.51. The summed E-state index contributed by atoms with van der Waals surface area (Å²) >= 11 is 17.4. The number of nitrogens with zero attached hydrogens (tertiary/aromatic N) is 4. The Balaban J connectivity index is 2.38. The van der Waals surface area contributed by atoms with E-state index in [9.17, 15) is 0 Å². The van der Waals surface area contributed by atoms with Gasteiger partial charge in [0.1, 0.15) is 21.8 Å². The number of aromatic nitrogens is 3. The largest absolute Gasteiger partial charge is 0.382 e. The third-order valence-electron chi connectivity index (χ3n) is 1.97. The Morgan fingerprint density at radius 1 is 1.17 bits per heavy atom. The second kappa shape index (κ2) is 5.48. The van der Waals surface area contributed by atoms with Crippen molar-refractivity contribution in [2.45, 2.75) is 0 Å². The van der Waals surface area contributed by atoms with Crippen LogP contribution in [0.2, 0.25) is 15.6 Å². The number of pyridine rings is 1. The van der Waals surface area contributed by atoms with Gasteiger partial charge in [0, 0.05) is 12.4 Å². The lowest BCUT2D eigenvalue weighted by Crippen LogP contribution is -1.94. The fourth-order valence-electron chi connectivity index (χ4n) is 1.15. The van der Waals surface area contributed by atoms with Crippen molar-refractivity contribution >= 4 is 52.5 Å². The van der Waals surface area contributed by atoms with Gasteiger partial charge in [-0.3, -0.25) is 4.99 Å². The van der Waals surface area contributed by atoms with Crippen molar-refractivity contribution in [3.63, 3.8) is 0 Å². The van der Waals surface area contributed by atoms with Gasteiger partial charge in [0.25, 0.3) is 0 Å². The van der Waals surface area contributed by atoms with Gasteiger partial charge in [-0.1, -0.05) is 23.2 Å². The van der Waals surface area contributed by atoms with E-state index in [1.807, 2.05) is 0 Å². The lowest BCUT2D eigenvalue weighted by molar-refractivity contribution is 1.16. The molecular formula is C10H6Cl3N5. The van der Waals surface area contributed by atoms with Crippen LogP contribution in [0.1, 0.15) is 5.56 Å². The molecule has 5 nitrogen and oxygen atoms in total. The third kappa shape index (κ3) is 2.87. The molecule has 0 fully saturated rings. The van der Waals surface area contributed by atoms with Crippen LogP contribution >= 0.6 is 34.8 Å². The average Bonchev–Trinajstić information content (AvgIpc) is 2.30. The standard InChI is InChI=1S/C10H6Cl3N5/c11-7-5(8(12)18-10(13)17-7)4-16-6-2-1-3-15-9(6)14/h1-4H,(H2,14,15). The number of hydrogen-bond donors (Lipinski definition) is 1. The maximum Gasteiger partial charge on any atom is 0.225 e. The molecule has 0 saturated heterocycles. The van der Waals surface area contributed by atoms with Gasteiger partial charge < -0.3 is 5.73 Å². The molecule has 2 aromatic rings. The fourth-order valence-corrected chi connectivity index (χ4v) is 1.89. The van der Waals surface area contributed by atoms with Gasteiger partial charge in [0.2, 0.25) is 5.28 Å². The van der Waals surface area contributed by atoms with Crippen molar-refractivity contribution < 1.29 is 0 Å². The first kappa shape index (κ1) is 13.0. The maximum absolute atomic E-state index is 5.88. The molecule has 0 aromatic carbocycles. The number of nitrogens with two attached hydrogens (primary N) is 1. The van der Waals surface area contributed by atoms with Crippen LogP contribution < -0.4 is 5.73 Å². The maximum atomic E-state index is 5.88. The highest BCUT2D eigenvalue weighted by Crippen LogP contribution is 2.23. The normalized spacial score (nSPS) is 11.1. The molecular weight excluding hydrogens is 297 g/mol. The Morgan fingerprint density at radius 2 is 1.83 bits per heavy atom. The molecule has 0 spiro atoms. The van der Waals surface area contributed by atoms with Crippen LogP contribution in [0.25, 0.3) is 0 Å². The van der Waals surface area contributed by atoms with Crippen molar-refractivity contribution in [2.75, 3.05) is 5.73 Å². The molecule has 92 valence electrons. The Bertz CT molecular complexity index is 591. The van der Waals surface area contributed by atoms with Crippen molar-refractivity contribution in [3.8, 4) is 0 Å². The van der Waals surface area contributed by atoms with Crippen LogP contribution in [-0.2, 0) is 0 Å². The minimum atomic E-state index is -0.0250. The summed E-state index contributed by atoms with van der Waals surface area (Å²) in [6.07, 6.45) is 2.98. The quantitative estimate of drug-likeness (QED) is 0.525. The zero-order valence-electron chi connectivity index (χ0n) is 8.81. The fraction of sp³-hybridized carbons (Fsp3) is 0. The van der Waals surface area contributed by atoms with Gasteiger partial charge in [-0.25, -0.2) is 15.0 Å². The molecule has 0 atom stereocenters. The topological polar surface area (TPSA) is 77.0 Å². The molecule has 8 heteroatoms. The molecule has 0 saturated carbocycles. The number of nitrogen functional groups attached to an aromatic ring is 1. The van der Waals surface area contributed by atoms with Gasteiger partial charge in [-0.05, 0) is 23.7 Å². The van der Waals surface area contributed by atoms with Crippen LogP contribution in [0.4, 0.5) is 11.5 Å². The Hall–Kier alpha value is -1.43. The van der Waals surface area contributed by atoms with Gasteiger partial charge >= 0.3 is 0 Å². The lowest BCUT2D eigenvalue weighted by atomic mass is 10.3. The number of rotatable bonds is 2. The summed E-state index contributed by atoms with van der Waals surface area (Å²) in [7, 11) is 0. The molecule has 2 rings (SSSR count). The highest BCUT2D eigenvalue weighted by atomic mass is 35.5. The minimum Gasteiger partial charge on any atom is -0.382 e. The van der Waals surface area contributed by atoms with E-state index < -0.39 is 0 Å². The van der Waals surface area contributed by atoms with E-state index in [1.54, 1.807) is 18.3 Å².